The first-order valence-electron chi connectivity index (χ1n) is 6.93. The fourth-order valence-electron chi connectivity index (χ4n) is 2.14. The van der Waals surface area contributed by atoms with Gasteiger partial charge in [0.2, 0.25) is 0 Å². The highest BCUT2D eigenvalue weighted by Gasteiger charge is 2.20. The summed E-state index contributed by atoms with van der Waals surface area (Å²) in [5, 5.41) is 2.93. The lowest BCUT2D eigenvalue weighted by atomic mass is 10.2. The summed E-state index contributed by atoms with van der Waals surface area (Å²) in [5.74, 6) is 0.587. The summed E-state index contributed by atoms with van der Waals surface area (Å²) in [6.07, 6.45) is 0. The van der Waals surface area contributed by atoms with E-state index in [0.717, 1.165) is 23.8 Å². The summed E-state index contributed by atoms with van der Waals surface area (Å²) >= 11 is 5.44. The van der Waals surface area contributed by atoms with Crippen LogP contribution < -0.4 is 10.1 Å². The van der Waals surface area contributed by atoms with Gasteiger partial charge in [-0.3, -0.25) is 4.79 Å². The number of ether oxygens (including phenoxy) is 2. The molecule has 1 saturated heterocycles. The van der Waals surface area contributed by atoms with Crippen LogP contribution in [0.1, 0.15) is 17.3 Å². The van der Waals surface area contributed by atoms with E-state index in [-0.39, 0.29) is 11.9 Å². The van der Waals surface area contributed by atoms with Gasteiger partial charge in [-0.05, 0) is 31.2 Å². The molecule has 0 aromatic heterocycles. The zero-order valence-electron chi connectivity index (χ0n) is 12.3. The van der Waals surface area contributed by atoms with E-state index in [4.69, 9.17) is 21.7 Å². The molecule has 5 nitrogen and oxygen atoms in total. The van der Waals surface area contributed by atoms with Crippen molar-refractivity contribution in [1.29, 1.82) is 0 Å². The number of nitrogens with one attached hydrogen (secondary N) is 1. The molecule has 6 heteroatoms. The van der Waals surface area contributed by atoms with Gasteiger partial charge in [-0.15, -0.1) is 0 Å². The van der Waals surface area contributed by atoms with Crippen LogP contribution in [-0.2, 0) is 4.74 Å². The van der Waals surface area contributed by atoms with Gasteiger partial charge in [0.05, 0.1) is 26.4 Å². The van der Waals surface area contributed by atoms with Crippen LogP contribution in [-0.4, -0.2) is 55.3 Å². The number of thiocarbonyl (C=S) groups is 1. The number of carbonyl (C=O) groups is 1. The number of hydrogen-bond acceptors (Lipinski definition) is 4. The topological polar surface area (TPSA) is 50.8 Å². The van der Waals surface area contributed by atoms with Gasteiger partial charge in [0.1, 0.15) is 10.7 Å². The SMILES string of the molecule is COc1ccc(C(=O)NC(C)C(=S)N2CCOCC2)cc1. The maximum atomic E-state index is 12.2. The van der Waals surface area contributed by atoms with Crippen LogP contribution in [0, 0.1) is 0 Å². The van der Waals surface area contributed by atoms with Crippen molar-refractivity contribution in [2.75, 3.05) is 33.4 Å². The van der Waals surface area contributed by atoms with Gasteiger partial charge in [-0.1, -0.05) is 12.2 Å². The number of benzene rings is 1. The molecule has 1 heterocycles. The van der Waals surface area contributed by atoms with Gasteiger partial charge in [0.15, 0.2) is 0 Å². The fraction of sp³-hybridized carbons (Fsp3) is 0.467. The predicted molar refractivity (Wildman–Crippen MR) is 84.9 cm³/mol. The molecule has 0 aliphatic carbocycles. The van der Waals surface area contributed by atoms with Crippen molar-refractivity contribution in [2.45, 2.75) is 13.0 Å². The van der Waals surface area contributed by atoms with Crippen LogP contribution in [0.15, 0.2) is 24.3 Å². The highest BCUT2D eigenvalue weighted by Crippen LogP contribution is 2.11. The minimum Gasteiger partial charge on any atom is -0.497 e. The van der Waals surface area contributed by atoms with Gasteiger partial charge in [-0.2, -0.15) is 0 Å². The Morgan fingerprint density at radius 1 is 1.33 bits per heavy atom. The molecular weight excluding hydrogens is 288 g/mol. The van der Waals surface area contributed by atoms with Crippen LogP contribution in [0.25, 0.3) is 0 Å². The van der Waals surface area contributed by atoms with E-state index in [1.165, 1.54) is 0 Å². The first-order chi connectivity index (χ1) is 10.1. The summed E-state index contributed by atoms with van der Waals surface area (Å²) in [5.41, 5.74) is 0.590. The molecule has 1 aliphatic heterocycles. The summed E-state index contributed by atoms with van der Waals surface area (Å²) in [6, 6.07) is 6.81. The van der Waals surface area contributed by atoms with E-state index in [1.54, 1.807) is 31.4 Å². The van der Waals surface area contributed by atoms with Crippen molar-refractivity contribution in [2.24, 2.45) is 0 Å². The summed E-state index contributed by atoms with van der Waals surface area (Å²) in [7, 11) is 1.60. The summed E-state index contributed by atoms with van der Waals surface area (Å²) in [6.45, 7) is 4.82. The Kier molecular flexibility index (Phi) is 5.52. The van der Waals surface area contributed by atoms with Crippen molar-refractivity contribution in [1.82, 2.24) is 10.2 Å². The molecule has 114 valence electrons. The van der Waals surface area contributed by atoms with Crippen LogP contribution in [0.4, 0.5) is 0 Å². The van der Waals surface area contributed by atoms with Crippen LogP contribution in [0.3, 0.4) is 0 Å². The number of rotatable bonds is 4. The standard InChI is InChI=1S/C15H20N2O3S/c1-11(15(21)17-7-9-20-10-8-17)16-14(18)12-3-5-13(19-2)6-4-12/h3-6,11H,7-10H2,1-2H3,(H,16,18). The lowest BCUT2D eigenvalue weighted by Gasteiger charge is -2.32. The number of hydrogen-bond donors (Lipinski definition) is 1. The van der Waals surface area contributed by atoms with Gasteiger partial charge >= 0.3 is 0 Å². The Bertz CT molecular complexity index is 498. The number of methoxy groups -OCH3 is 1. The summed E-state index contributed by atoms with van der Waals surface area (Å²) in [4.78, 5) is 15.0. The van der Waals surface area contributed by atoms with Crippen molar-refractivity contribution >= 4 is 23.1 Å². The zero-order chi connectivity index (χ0) is 15.2. The molecule has 2 rings (SSSR count). The molecule has 21 heavy (non-hydrogen) atoms. The Morgan fingerprint density at radius 2 is 1.95 bits per heavy atom. The Hall–Kier alpha value is -1.66. The van der Waals surface area contributed by atoms with Gasteiger partial charge in [-0.25, -0.2) is 0 Å². The van der Waals surface area contributed by atoms with Crippen molar-refractivity contribution in [3.05, 3.63) is 29.8 Å². The number of nitrogens with zero attached hydrogens (tertiary/aromatic N) is 1. The molecule has 0 radical (unpaired) electrons. The zero-order valence-corrected chi connectivity index (χ0v) is 13.1. The molecule has 1 N–H and O–H groups in total. The van der Waals surface area contributed by atoms with E-state index in [1.807, 2.05) is 6.92 Å². The predicted octanol–water partition coefficient (Wildman–Crippen LogP) is 1.47. The summed E-state index contributed by atoms with van der Waals surface area (Å²) < 4.78 is 10.4. The van der Waals surface area contributed by atoms with Crippen molar-refractivity contribution in [3.63, 3.8) is 0 Å². The van der Waals surface area contributed by atoms with Gasteiger partial charge < -0.3 is 19.7 Å². The quantitative estimate of drug-likeness (QED) is 0.854. The van der Waals surface area contributed by atoms with Gasteiger partial charge in [0.25, 0.3) is 5.91 Å². The molecule has 1 aliphatic rings. The number of carbonyl (C=O) groups excluding carboxylic acids is 1. The molecule has 1 amide bonds. The average molecular weight is 308 g/mol. The first-order valence-corrected chi connectivity index (χ1v) is 7.34. The van der Waals surface area contributed by atoms with Gasteiger partial charge in [0, 0.05) is 18.7 Å². The maximum absolute atomic E-state index is 12.2. The second kappa shape index (κ2) is 7.38. The Balaban J connectivity index is 1.92. The highest BCUT2D eigenvalue weighted by molar-refractivity contribution is 7.80. The smallest absolute Gasteiger partial charge is 0.251 e. The van der Waals surface area contributed by atoms with Crippen molar-refractivity contribution in [3.8, 4) is 5.75 Å². The lowest BCUT2D eigenvalue weighted by Crippen LogP contribution is -2.49. The normalized spacial score (nSPS) is 16.2. The molecule has 0 spiro atoms. The maximum Gasteiger partial charge on any atom is 0.251 e. The second-order valence-electron chi connectivity index (χ2n) is 4.86. The molecule has 1 atom stereocenters. The molecule has 0 saturated carbocycles. The van der Waals surface area contributed by atoms with Crippen molar-refractivity contribution < 1.29 is 14.3 Å². The number of morpholine rings is 1. The van der Waals surface area contributed by atoms with Crippen LogP contribution in [0.2, 0.25) is 0 Å². The third kappa shape index (κ3) is 4.15. The molecule has 1 aromatic carbocycles. The van der Waals surface area contributed by atoms with E-state index < -0.39 is 0 Å². The average Bonchev–Trinajstić information content (AvgIpc) is 2.55. The van der Waals surface area contributed by atoms with E-state index in [9.17, 15) is 4.79 Å². The third-order valence-corrected chi connectivity index (χ3v) is 4.00. The monoisotopic (exact) mass is 308 g/mol. The minimum absolute atomic E-state index is 0.138. The molecule has 1 aromatic rings. The van der Waals surface area contributed by atoms with E-state index >= 15 is 0 Å². The van der Waals surface area contributed by atoms with E-state index in [2.05, 4.69) is 10.2 Å². The second-order valence-corrected chi connectivity index (χ2v) is 5.28. The molecule has 1 fully saturated rings. The lowest BCUT2D eigenvalue weighted by molar-refractivity contribution is 0.0675. The third-order valence-electron chi connectivity index (χ3n) is 3.39. The fourth-order valence-corrected chi connectivity index (χ4v) is 2.38. The highest BCUT2D eigenvalue weighted by atomic mass is 32.1. The van der Waals surface area contributed by atoms with Crippen LogP contribution >= 0.6 is 12.2 Å². The molecule has 0 bridgehead atoms. The Morgan fingerprint density at radius 3 is 2.52 bits per heavy atom. The van der Waals surface area contributed by atoms with Crippen LogP contribution in [0.5, 0.6) is 5.75 Å². The molecule has 1 unspecified atom stereocenters. The Labute approximate surface area is 130 Å². The first kappa shape index (κ1) is 15.7. The minimum atomic E-state index is -0.187. The van der Waals surface area contributed by atoms with E-state index in [0.29, 0.717) is 18.8 Å². The number of amides is 1. The molecular formula is C15H20N2O3S. The largest absolute Gasteiger partial charge is 0.497 e.